The molecule has 0 amide bonds. The number of nitrogens with zero attached hydrogens (tertiary/aromatic N) is 2. The van der Waals surface area contributed by atoms with Crippen molar-refractivity contribution in [2.24, 2.45) is 0 Å². The van der Waals surface area contributed by atoms with E-state index in [9.17, 15) is 17.9 Å². The van der Waals surface area contributed by atoms with Crippen molar-refractivity contribution in [3.8, 4) is 0 Å². The SMILES string of the molecule is O=S(=O)(c1ccc(SCC(O)c2ccc(F)cc2)nc1)N1CCCCCC1. The molecule has 1 aromatic heterocycles. The number of aliphatic hydroxyl groups is 1. The smallest absolute Gasteiger partial charge is 0.244 e. The van der Waals surface area contributed by atoms with Crippen LogP contribution < -0.4 is 0 Å². The van der Waals surface area contributed by atoms with Gasteiger partial charge in [-0.25, -0.2) is 17.8 Å². The van der Waals surface area contributed by atoms with Crippen molar-refractivity contribution in [1.82, 2.24) is 9.29 Å². The van der Waals surface area contributed by atoms with E-state index in [0.717, 1.165) is 25.7 Å². The minimum atomic E-state index is -3.50. The van der Waals surface area contributed by atoms with Gasteiger partial charge in [0.2, 0.25) is 10.0 Å². The van der Waals surface area contributed by atoms with E-state index in [1.165, 1.54) is 30.1 Å². The summed E-state index contributed by atoms with van der Waals surface area (Å²) in [4.78, 5) is 4.43. The summed E-state index contributed by atoms with van der Waals surface area (Å²) < 4.78 is 40.0. The predicted octanol–water partition coefficient (Wildman–Crippen LogP) is 3.61. The average Bonchev–Trinajstić information content (AvgIpc) is 2.97. The molecule has 5 nitrogen and oxygen atoms in total. The Morgan fingerprint density at radius 3 is 2.33 bits per heavy atom. The Balaban J connectivity index is 1.62. The fraction of sp³-hybridized carbons (Fsp3) is 0.421. The van der Waals surface area contributed by atoms with E-state index in [1.807, 2.05) is 0 Å². The van der Waals surface area contributed by atoms with Crippen LogP contribution in [0.5, 0.6) is 0 Å². The summed E-state index contributed by atoms with van der Waals surface area (Å²) in [6.07, 6.45) is 4.54. The van der Waals surface area contributed by atoms with Crippen LogP contribution in [0.25, 0.3) is 0 Å². The molecule has 1 aliphatic rings. The van der Waals surface area contributed by atoms with Crippen molar-refractivity contribution in [2.75, 3.05) is 18.8 Å². The molecule has 146 valence electrons. The van der Waals surface area contributed by atoms with Gasteiger partial charge in [0.1, 0.15) is 10.7 Å². The van der Waals surface area contributed by atoms with Gasteiger partial charge in [-0.05, 0) is 42.7 Å². The fourth-order valence-corrected chi connectivity index (χ4v) is 5.26. The van der Waals surface area contributed by atoms with E-state index in [4.69, 9.17) is 0 Å². The maximum atomic E-state index is 12.9. The van der Waals surface area contributed by atoms with E-state index in [0.29, 0.717) is 29.4 Å². The molecule has 8 heteroatoms. The molecular weight excluding hydrogens is 387 g/mol. The van der Waals surface area contributed by atoms with Crippen LogP contribution in [0.15, 0.2) is 52.5 Å². The highest BCUT2D eigenvalue weighted by Gasteiger charge is 2.25. The summed E-state index contributed by atoms with van der Waals surface area (Å²) in [7, 11) is -3.50. The van der Waals surface area contributed by atoms with Gasteiger partial charge < -0.3 is 5.11 Å². The van der Waals surface area contributed by atoms with E-state index >= 15 is 0 Å². The quantitative estimate of drug-likeness (QED) is 0.737. The monoisotopic (exact) mass is 410 g/mol. The van der Waals surface area contributed by atoms with Gasteiger partial charge in [-0.1, -0.05) is 25.0 Å². The molecule has 0 radical (unpaired) electrons. The van der Waals surface area contributed by atoms with Crippen molar-refractivity contribution in [1.29, 1.82) is 0 Å². The lowest BCUT2D eigenvalue weighted by Gasteiger charge is -2.19. The zero-order valence-electron chi connectivity index (χ0n) is 14.9. The van der Waals surface area contributed by atoms with E-state index in [-0.39, 0.29) is 10.7 Å². The van der Waals surface area contributed by atoms with Crippen molar-refractivity contribution >= 4 is 21.8 Å². The molecule has 2 heterocycles. The van der Waals surface area contributed by atoms with Crippen LogP contribution in [0.1, 0.15) is 37.4 Å². The van der Waals surface area contributed by atoms with Crippen molar-refractivity contribution in [2.45, 2.75) is 41.7 Å². The summed E-state index contributed by atoms with van der Waals surface area (Å²) in [5.74, 6) is -0.00175. The van der Waals surface area contributed by atoms with Gasteiger partial charge >= 0.3 is 0 Å². The predicted molar refractivity (Wildman–Crippen MR) is 104 cm³/mol. The van der Waals surface area contributed by atoms with Crippen LogP contribution in [0, 0.1) is 5.82 Å². The highest BCUT2D eigenvalue weighted by atomic mass is 32.2. The lowest BCUT2D eigenvalue weighted by molar-refractivity contribution is 0.204. The third kappa shape index (κ3) is 5.28. The number of hydrogen-bond acceptors (Lipinski definition) is 5. The number of benzene rings is 1. The molecular formula is C19H23FN2O3S2. The normalized spacial score (nSPS) is 17.4. The summed E-state index contributed by atoms with van der Waals surface area (Å²) in [6.45, 7) is 1.12. The number of halogens is 1. The Morgan fingerprint density at radius 1 is 1.07 bits per heavy atom. The Morgan fingerprint density at radius 2 is 1.74 bits per heavy atom. The Labute approximate surface area is 163 Å². The molecule has 1 aliphatic heterocycles. The minimum Gasteiger partial charge on any atom is -0.388 e. The maximum absolute atomic E-state index is 12.9. The molecule has 1 unspecified atom stereocenters. The second kappa shape index (κ2) is 9.14. The van der Waals surface area contributed by atoms with E-state index in [2.05, 4.69) is 4.98 Å². The van der Waals surface area contributed by atoms with Crippen molar-refractivity contribution < 1.29 is 17.9 Å². The molecule has 1 atom stereocenters. The first-order chi connectivity index (χ1) is 13.0. The minimum absolute atomic E-state index is 0.202. The molecule has 27 heavy (non-hydrogen) atoms. The third-order valence-corrected chi connectivity index (χ3v) is 7.46. The second-order valence-corrected chi connectivity index (χ2v) is 9.51. The highest BCUT2D eigenvalue weighted by molar-refractivity contribution is 7.99. The molecule has 3 rings (SSSR count). The van der Waals surface area contributed by atoms with Crippen LogP contribution in [0.2, 0.25) is 0 Å². The Bertz CT molecular complexity index is 834. The molecule has 0 bridgehead atoms. The first-order valence-electron chi connectivity index (χ1n) is 8.99. The summed E-state index contributed by atoms with van der Waals surface area (Å²) in [5.41, 5.74) is 0.629. The number of thioether (sulfide) groups is 1. The zero-order valence-corrected chi connectivity index (χ0v) is 16.6. The van der Waals surface area contributed by atoms with E-state index < -0.39 is 16.1 Å². The summed E-state index contributed by atoms with van der Waals surface area (Å²) in [5, 5.41) is 10.8. The zero-order chi connectivity index (χ0) is 19.3. The van der Waals surface area contributed by atoms with Crippen LogP contribution >= 0.6 is 11.8 Å². The van der Waals surface area contributed by atoms with Crippen molar-refractivity contribution in [3.63, 3.8) is 0 Å². The molecule has 1 aromatic carbocycles. The van der Waals surface area contributed by atoms with E-state index in [1.54, 1.807) is 28.6 Å². The van der Waals surface area contributed by atoms with Gasteiger partial charge in [0.05, 0.1) is 11.1 Å². The third-order valence-electron chi connectivity index (χ3n) is 4.56. The fourth-order valence-electron chi connectivity index (χ4n) is 2.98. The largest absolute Gasteiger partial charge is 0.388 e. The van der Waals surface area contributed by atoms with Crippen LogP contribution in [-0.4, -0.2) is 41.7 Å². The van der Waals surface area contributed by atoms with Crippen LogP contribution in [-0.2, 0) is 10.0 Å². The highest BCUT2D eigenvalue weighted by Crippen LogP contribution is 2.25. The van der Waals surface area contributed by atoms with Crippen LogP contribution in [0.4, 0.5) is 4.39 Å². The van der Waals surface area contributed by atoms with Crippen molar-refractivity contribution in [3.05, 3.63) is 54.0 Å². The molecule has 0 aliphatic carbocycles. The average molecular weight is 411 g/mol. The molecule has 0 spiro atoms. The number of aromatic nitrogens is 1. The van der Waals surface area contributed by atoms with Crippen LogP contribution in [0.3, 0.4) is 0 Å². The standard InChI is InChI=1S/C19H23FN2O3S2/c20-16-7-5-15(6-8-16)18(23)14-26-19-10-9-17(13-21-19)27(24,25)22-11-3-1-2-4-12-22/h5-10,13,18,23H,1-4,11-12,14H2. The molecule has 1 saturated heterocycles. The Hall–Kier alpha value is -1.48. The summed E-state index contributed by atoms with van der Waals surface area (Å²) >= 11 is 1.32. The number of aliphatic hydroxyl groups excluding tert-OH is 1. The number of hydrogen-bond donors (Lipinski definition) is 1. The lowest BCUT2D eigenvalue weighted by atomic mass is 10.1. The number of sulfonamides is 1. The first-order valence-corrected chi connectivity index (χ1v) is 11.4. The molecule has 2 aromatic rings. The topological polar surface area (TPSA) is 70.5 Å². The van der Waals surface area contributed by atoms with Gasteiger partial charge in [0.25, 0.3) is 0 Å². The first kappa shape index (κ1) is 20.3. The van der Waals surface area contributed by atoms with Gasteiger partial charge in [-0.15, -0.1) is 11.8 Å². The van der Waals surface area contributed by atoms with Gasteiger partial charge in [-0.2, -0.15) is 4.31 Å². The molecule has 1 N–H and O–H groups in total. The van der Waals surface area contributed by atoms with Gasteiger partial charge in [0.15, 0.2) is 0 Å². The molecule has 0 saturated carbocycles. The maximum Gasteiger partial charge on any atom is 0.244 e. The summed E-state index contributed by atoms with van der Waals surface area (Å²) in [6, 6.07) is 8.94. The van der Waals surface area contributed by atoms with Gasteiger partial charge in [-0.3, -0.25) is 0 Å². The number of pyridine rings is 1. The Kier molecular flexibility index (Phi) is 6.86. The molecule has 1 fully saturated rings. The van der Waals surface area contributed by atoms with Gasteiger partial charge in [0, 0.05) is 25.0 Å². The number of rotatable bonds is 6. The second-order valence-electron chi connectivity index (χ2n) is 6.53. The lowest BCUT2D eigenvalue weighted by Crippen LogP contribution is -2.32.